The number of rotatable bonds is 4. The molecule has 3 amide bonds. The van der Waals surface area contributed by atoms with Crippen LogP contribution < -0.4 is 10.6 Å². The number of halogens is 2. The van der Waals surface area contributed by atoms with Crippen LogP contribution in [0.15, 0.2) is 36.7 Å². The van der Waals surface area contributed by atoms with E-state index in [-0.39, 0.29) is 22.5 Å². The van der Waals surface area contributed by atoms with Gasteiger partial charge in [-0.2, -0.15) is 0 Å². The molecule has 2 bridgehead atoms. The Morgan fingerprint density at radius 1 is 1.21 bits per heavy atom. The summed E-state index contributed by atoms with van der Waals surface area (Å²) in [6.45, 7) is 5.77. The predicted octanol–water partition coefficient (Wildman–Crippen LogP) is 6.43. The van der Waals surface area contributed by atoms with Crippen molar-refractivity contribution < 1.29 is 28.2 Å². The van der Waals surface area contributed by atoms with Crippen LogP contribution in [0, 0.1) is 11.7 Å². The van der Waals surface area contributed by atoms with Gasteiger partial charge in [0.25, 0.3) is 0 Å². The number of methoxy groups -OCH3 is 1. The third-order valence-electron chi connectivity index (χ3n) is 8.22. The van der Waals surface area contributed by atoms with Crippen molar-refractivity contribution >= 4 is 41.1 Å². The largest absolute Gasteiger partial charge is 0.453 e. The minimum Gasteiger partial charge on any atom is -0.453 e. The number of hydrogen-bond donors (Lipinski definition) is 3. The zero-order chi connectivity index (χ0) is 30.9. The van der Waals surface area contributed by atoms with Crippen LogP contribution in [0.1, 0.15) is 64.0 Å². The topological polar surface area (TPSA) is 139 Å². The van der Waals surface area contributed by atoms with Gasteiger partial charge < -0.3 is 19.8 Å². The molecule has 43 heavy (non-hydrogen) atoms. The van der Waals surface area contributed by atoms with E-state index >= 15 is 0 Å². The van der Waals surface area contributed by atoms with Gasteiger partial charge in [0.15, 0.2) is 5.82 Å². The number of benzene rings is 1. The minimum atomic E-state index is -0.921. The Hall–Kier alpha value is -4.19. The number of hydrogen-bond acceptors (Lipinski definition) is 7. The first-order valence-electron chi connectivity index (χ1n) is 14.1. The molecule has 228 valence electrons. The van der Waals surface area contributed by atoms with Gasteiger partial charge in [-0.25, -0.2) is 19.0 Å². The number of amides is 3. The van der Waals surface area contributed by atoms with Crippen LogP contribution >= 0.6 is 11.6 Å². The number of pyridine rings is 1. The summed E-state index contributed by atoms with van der Waals surface area (Å²) >= 11 is 6.01. The predicted molar refractivity (Wildman–Crippen MR) is 158 cm³/mol. The lowest BCUT2D eigenvalue weighted by Gasteiger charge is -2.42. The van der Waals surface area contributed by atoms with E-state index in [1.54, 1.807) is 43.1 Å². The summed E-state index contributed by atoms with van der Waals surface area (Å²) in [5.41, 5.74) is 1.44. The van der Waals surface area contributed by atoms with Crippen LogP contribution in [0.2, 0.25) is 5.02 Å². The number of anilines is 2. The van der Waals surface area contributed by atoms with Crippen molar-refractivity contribution in [1.29, 1.82) is 0 Å². The van der Waals surface area contributed by atoms with Crippen molar-refractivity contribution in [2.45, 2.75) is 64.0 Å². The first kappa shape index (κ1) is 30.3. The van der Waals surface area contributed by atoms with Crippen LogP contribution in [0.3, 0.4) is 0 Å². The molecule has 1 fully saturated rings. The van der Waals surface area contributed by atoms with E-state index in [0.29, 0.717) is 60.7 Å². The first-order valence-corrected chi connectivity index (χ1v) is 14.5. The van der Waals surface area contributed by atoms with Crippen LogP contribution in [0.4, 0.5) is 25.4 Å². The van der Waals surface area contributed by atoms with E-state index < -0.39 is 35.6 Å². The Kier molecular flexibility index (Phi) is 8.59. The summed E-state index contributed by atoms with van der Waals surface area (Å²) in [7, 11) is 1.27. The molecule has 3 N–H and O–H groups in total. The molecule has 3 aromatic rings. The Balaban J connectivity index is 1.43. The van der Waals surface area contributed by atoms with E-state index in [0.717, 1.165) is 0 Å². The van der Waals surface area contributed by atoms with Gasteiger partial charge in [0.2, 0.25) is 5.91 Å². The lowest BCUT2D eigenvalue weighted by molar-refractivity contribution is -0.119. The Bertz CT molecular complexity index is 1540. The molecule has 0 radical (unpaired) electrons. The number of carbonyl (C=O) groups is 3. The third kappa shape index (κ3) is 6.15. The third-order valence-corrected chi connectivity index (χ3v) is 8.51. The zero-order valence-corrected chi connectivity index (χ0v) is 25.1. The molecular formula is C30H34ClFN6O5. The van der Waals surface area contributed by atoms with Crippen molar-refractivity contribution in [3.63, 3.8) is 0 Å². The summed E-state index contributed by atoms with van der Waals surface area (Å²) < 4.78 is 25.5. The summed E-state index contributed by atoms with van der Waals surface area (Å²) in [6.07, 6.45) is 3.50. The zero-order valence-electron chi connectivity index (χ0n) is 24.4. The number of nitrogens with zero attached hydrogens (tertiary/aromatic N) is 3. The Morgan fingerprint density at radius 3 is 2.74 bits per heavy atom. The molecule has 1 saturated heterocycles. The van der Waals surface area contributed by atoms with Crippen molar-refractivity contribution in [2.75, 3.05) is 24.3 Å². The fourth-order valence-corrected chi connectivity index (χ4v) is 5.77. The number of ether oxygens (including phenoxy) is 2. The summed E-state index contributed by atoms with van der Waals surface area (Å²) in [5, 5.41) is 5.55. The molecular weight excluding hydrogens is 579 g/mol. The minimum absolute atomic E-state index is 0.0379. The van der Waals surface area contributed by atoms with E-state index in [9.17, 15) is 18.8 Å². The fraction of sp³-hybridized carbons (Fsp3) is 0.433. The van der Waals surface area contributed by atoms with Gasteiger partial charge >= 0.3 is 12.2 Å². The molecule has 3 atom stereocenters. The monoisotopic (exact) mass is 612 g/mol. The summed E-state index contributed by atoms with van der Waals surface area (Å²) in [4.78, 5) is 52.2. The van der Waals surface area contributed by atoms with Crippen LogP contribution in [0.5, 0.6) is 0 Å². The molecule has 0 saturated carbocycles. The highest BCUT2D eigenvalue weighted by Gasteiger charge is 2.43. The number of imidazole rings is 1. The molecule has 4 heterocycles. The first-order chi connectivity index (χ1) is 20.5. The highest BCUT2D eigenvalue weighted by Crippen LogP contribution is 2.39. The van der Waals surface area contributed by atoms with E-state index in [1.165, 1.54) is 19.4 Å². The summed E-state index contributed by atoms with van der Waals surface area (Å²) in [5.74, 6) is -0.529. The maximum atomic E-state index is 14.9. The van der Waals surface area contributed by atoms with Gasteiger partial charge in [0.1, 0.15) is 11.9 Å². The quantitative estimate of drug-likeness (QED) is 0.308. The number of aromatic nitrogens is 3. The fourth-order valence-electron chi connectivity index (χ4n) is 5.63. The number of cyclic esters (lactones) is 1. The molecule has 2 aliphatic rings. The average Bonchev–Trinajstić information content (AvgIpc) is 3.46. The maximum Gasteiger partial charge on any atom is 0.411 e. The van der Waals surface area contributed by atoms with Crippen LogP contribution in [-0.4, -0.2) is 57.7 Å². The van der Waals surface area contributed by atoms with E-state index in [1.807, 2.05) is 6.92 Å². The van der Waals surface area contributed by atoms with Crippen molar-refractivity contribution in [2.24, 2.45) is 5.92 Å². The summed E-state index contributed by atoms with van der Waals surface area (Å²) in [6, 6.07) is 6.05. The highest BCUT2D eigenvalue weighted by molar-refractivity contribution is 6.30. The van der Waals surface area contributed by atoms with Crippen molar-refractivity contribution in [1.82, 2.24) is 19.9 Å². The average molecular weight is 613 g/mol. The second kappa shape index (κ2) is 12.2. The second-order valence-corrected chi connectivity index (χ2v) is 11.8. The standard InChI is InChI=1S/C30H34ClFN6O5/c1-16-6-5-7-22(38-13-11-23(43-29(38)41)30(2,3)25-24(32)19(31)10-12-33-25)26-34-15-21(36-26)18-9-8-17(35-28(40)42-4)14-20(18)37-27(16)39/h8-10,12,14-16,22-23H,5-7,11,13H2,1-4H3,(H,34,36)(H,35,40)(H,37,39)/t16-,22+,23-/m1/s1. The molecule has 0 aliphatic carbocycles. The van der Waals surface area contributed by atoms with Crippen molar-refractivity contribution in [3.05, 3.63) is 59.0 Å². The lowest BCUT2D eigenvalue weighted by Crippen LogP contribution is -2.50. The molecule has 5 rings (SSSR count). The Morgan fingerprint density at radius 2 is 2.00 bits per heavy atom. The van der Waals surface area contributed by atoms with Crippen molar-refractivity contribution in [3.8, 4) is 11.3 Å². The van der Waals surface area contributed by atoms with Gasteiger partial charge in [-0.3, -0.25) is 20.0 Å². The lowest BCUT2D eigenvalue weighted by atomic mass is 9.80. The molecule has 11 nitrogen and oxygen atoms in total. The number of carbonyl (C=O) groups excluding carboxylic acids is 3. The molecule has 2 aromatic heterocycles. The van der Waals surface area contributed by atoms with Gasteiger partial charge in [0, 0.05) is 41.7 Å². The molecule has 13 heteroatoms. The van der Waals surface area contributed by atoms with Crippen LogP contribution in [-0.2, 0) is 19.7 Å². The van der Waals surface area contributed by atoms with Gasteiger partial charge in [0.05, 0.1) is 41.4 Å². The highest BCUT2D eigenvalue weighted by atomic mass is 35.5. The number of H-pyrrole nitrogens is 1. The molecule has 2 aliphatic heterocycles. The normalized spacial score (nSPS) is 21.1. The van der Waals surface area contributed by atoms with Crippen LogP contribution in [0.25, 0.3) is 11.3 Å². The van der Waals surface area contributed by atoms with Gasteiger partial charge in [-0.15, -0.1) is 0 Å². The number of nitrogens with one attached hydrogen (secondary N) is 3. The number of aromatic amines is 1. The molecule has 0 unspecified atom stereocenters. The molecule has 1 aromatic carbocycles. The second-order valence-electron chi connectivity index (χ2n) is 11.4. The number of fused-ring (bicyclic) bond motifs is 4. The van der Waals surface area contributed by atoms with Gasteiger partial charge in [-0.1, -0.05) is 38.8 Å². The SMILES string of the molecule is COC(=O)Nc1ccc2c(c1)NC(=O)[C@H](C)CCC[C@H](N1CC[C@H](C(C)(C)c3nccc(Cl)c3F)OC1=O)c1ncc-2[nH]1. The van der Waals surface area contributed by atoms with E-state index in [4.69, 9.17) is 16.3 Å². The van der Waals surface area contributed by atoms with E-state index in [2.05, 4.69) is 30.3 Å². The maximum absolute atomic E-state index is 14.9. The smallest absolute Gasteiger partial charge is 0.411 e. The molecule has 0 spiro atoms. The Labute approximate surface area is 253 Å². The van der Waals surface area contributed by atoms with Gasteiger partial charge in [-0.05, 0) is 37.1 Å².